The summed E-state index contributed by atoms with van der Waals surface area (Å²) in [5.41, 5.74) is 3.53. The van der Waals surface area contributed by atoms with E-state index in [1.807, 2.05) is 39.8 Å². The molecule has 0 fully saturated rings. The highest BCUT2D eigenvalue weighted by Crippen LogP contribution is 2.62. The average Bonchev–Trinajstić information content (AvgIpc) is 2.57. The normalized spacial score (nSPS) is 13.6. The van der Waals surface area contributed by atoms with Crippen molar-refractivity contribution in [3.63, 3.8) is 0 Å². The second-order valence-corrected chi connectivity index (χ2v) is 18.2. The van der Waals surface area contributed by atoms with Gasteiger partial charge >= 0.3 is 7.60 Å². The molecule has 168 valence electrons. The van der Waals surface area contributed by atoms with E-state index in [0.29, 0.717) is 29.5 Å². The predicted octanol–water partition coefficient (Wildman–Crippen LogP) is 7.64. The van der Waals surface area contributed by atoms with Crippen LogP contribution in [0.5, 0.6) is 5.75 Å². The number of benzene rings is 1. The Bertz CT molecular complexity index is 694. The van der Waals surface area contributed by atoms with Crippen LogP contribution in [0.4, 0.5) is 0 Å². The molecule has 0 heterocycles. The molecule has 1 aromatic rings. The van der Waals surface area contributed by atoms with E-state index >= 15 is 0 Å². The van der Waals surface area contributed by atoms with Crippen LogP contribution in [-0.4, -0.2) is 22.6 Å². The zero-order chi connectivity index (χ0) is 22.8. The maximum absolute atomic E-state index is 12.2. The number of aryl methyl sites for hydroxylation is 2. The molecule has 0 radical (unpaired) electrons. The number of thioether (sulfide) groups is 1. The molecule has 1 aromatic carbocycles. The Kier molecular flexibility index (Phi) is 9.15. The molecule has 0 aliphatic heterocycles. The van der Waals surface area contributed by atoms with Gasteiger partial charge in [-0.3, -0.25) is 4.57 Å². The van der Waals surface area contributed by atoms with E-state index in [9.17, 15) is 14.4 Å². The van der Waals surface area contributed by atoms with Gasteiger partial charge in [0.2, 0.25) is 0 Å². The Morgan fingerprint density at radius 2 is 1.34 bits per heavy atom. The zero-order valence-electron chi connectivity index (χ0n) is 19.9. The van der Waals surface area contributed by atoms with Crippen molar-refractivity contribution in [3.8, 4) is 5.75 Å². The first kappa shape index (κ1) is 26.8. The molecule has 0 saturated heterocycles. The van der Waals surface area contributed by atoms with E-state index < -0.39 is 20.4 Å². The van der Waals surface area contributed by atoms with Gasteiger partial charge < -0.3 is 14.2 Å². The molecular weight excluding hydrogens is 419 g/mol. The van der Waals surface area contributed by atoms with E-state index in [4.69, 9.17) is 4.43 Å². The van der Waals surface area contributed by atoms with E-state index in [1.165, 1.54) is 11.8 Å². The topological polar surface area (TPSA) is 66.8 Å². The molecule has 2 N–H and O–H groups in total. The largest absolute Gasteiger partial charge is 0.542 e. The lowest BCUT2D eigenvalue weighted by atomic mass is 10.1. The molecule has 0 unspecified atom stereocenters. The van der Waals surface area contributed by atoms with Crippen LogP contribution < -0.4 is 4.43 Å². The van der Waals surface area contributed by atoms with Crippen molar-refractivity contribution >= 4 is 27.7 Å². The van der Waals surface area contributed by atoms with Gasteiger partial charge in [0.1, 0.15) is 10.2 Å². The maximum Gasteiger partial charge on any atom is 0.341 e. The first-order valence-corrected chi connectivity index (χ1v) is 15.3. The van der Waals surface area contributed by atoms with Crippen LogP contribution >= 0.6 is 19.4 Å². The fourth-order valence-corrected chi connectivity index (χ4v) is 12.9. The predicted molar refractivity (Wildman–Crippen MR) is 129 cm³/mol. The maximum atomic E-state index is 12.2. The van der Waals surface area contributed by atoms with E-state index in [0.717, 1.165) is 21.8 Å². The second kappa shape index (κ2) is 9.91. The van der Waals surface area contributed by atoms with Crippen LogP contribution in [0, 0.1) is 13.8 Å². The number of hydrogen-bond acceptors (Lipinski definition) is 3. The minimum atomic E-state index is -4.25. The van der Waals surface area contributed by atoms with E-state index in [2.05, 4.69) is 41.5 Å². The van der Waals surface area contributed by atoms with Gasteiger partial charge in [-0.1, -0.05) is 55.4 Å². The summed E-state index contributed by atoms with van der Waals surface area (Å²) >= 11 is 1.31. The van der Waals surface area contributed by atoms with Gasteiger partial charge in [-0.25, -0.2) is 0 Å². The van der Waals surface area contributed by atoms with Crippen molar-refractivity contribution in [1.29, 1.82) is 0 Å². The van der Waals surface area contributed by atoms with E-state index in [1.54, 1.807) is 0 Å². The second-order valence-electron chi connectivity index (χ2n) is 9.11. The van der Waals surface area contributed by atoms with Gasteiger partial charge in [0.25, 0.3) is 8.32 Å². The van der Waals surface area contributed by atoms with Crippen molar-refractivity contribution in [1.82, 2.24) is 0 Å². The van der Waals surface area contributed by atoms with Crippen molar-refractivity contribution in [3.05, 3.63) is 23.3 Å². The van der Waals surface area contributed by atoms with Crippen LogP contribution in [-0.2, 0) is 4.57 Å². The minimum Gasteiger partial charge on any atom is -0.542 e. The summed E-state index contributed by atoms with van der Waals surface area (Å²) in [6.07, 6.45) is 0.831. The summed E-state index contributed by atoms with van der Waals surface area (Å²) in [6, 6.07) is 4.06. The zero-order valence-corrected chi connectivity index (χ0v) is 22.6. The van der Waals surface area contributed by atoms with Gasteiger partial charge in [0, 0.05) is 4.90 Å². The molecule has 0 amide bonds. The molecule has 0 saturated carbocycles. The first-order chi connectivity index (χ1) is 13.2. The van der Waals surface area contributed by atoms with Gasteiger partial charge in [-0.2, -0.15) is 0 Å². The fraction of sp³-hybridized carbons (Fsp3) is 0.727. The number of hydrogen-bond donors (Lipinski definition) is 2. The fourth-order valence-electron chi connectivity index (χ4n) is 4.75. The lowest BCUT2D eigenvalue weighted by molar-refractivity contribution is 0.346. The number of rotatable bonds is 10. The van der Waals surface area contributed by atoms with Gasteiger partial charge in [0.15, 0.2) is 0 Å². The molecule has 4 nitrogen and oxygen atoms in total. The Balaban J connectivity index is 3.43. The highest BCUT2D eigenvalue weighted by atomic mass is 32.2. The molecule has 0 aliphatic rings. The highest BCUT2D eigenvalue weighted by Gasteiger charge is 2.48. The Morgan fingerprint density at radius 1 is 0.966 bits per heavy atom. The molecule has 0 aromatic heterocycles. The third-order valence-electron chi connectivity index (χ3n) is 6.36. The van der Waals surface area contributed by atoms with E-state index in [-0.39, 0.29) is 0 Å². The summed E-state index contributed by atoms with van der Waals surface area (Å²) in [5, 5.41) is 0. The van der Waals surface area contributed by atoms with Crippen molar-refractivity contribution in [2.24, 2.45) is 0 Å². The average molecular weight is 461 g/mol. The molecule has 0 aliphatic carbocycles. The smallest absolute Gasteiger partial charge is 0.341 e. The van der Waals surface area contributed by atoms with Crippen LogP contribution in [0.3, 0.4) is 0 Å². The van der Waals surface area contributed by atoms with Gasteiger partial charge in [-0.05, 0) is 66.6 Å². The van der Waals surface area contributed by atoms with Crippen LogP contribution in [0.25, 0.3) is 0 Å². The van der Waals surface area contributed by atoms with Crippen LogP contribution in [0.1, 0.15) is 79.4 Å². The van der Waals surface area contributed by atoms with Gasteiger partial charge in [-0.15, -0.1) is 11.8 Å². The Morgan fingerprint density at radius 3 is 1.62 bits per heavy atom. The molecule has 0 atom stereocenters. The highest BCUT2D eigenvalue weighted by molar-refractivity contribution is 8.06. The summed E-state index contributed by atoms with van der Waals surface area (Å²) in [5.74, 6) is 0.951. The van der Waals surface area contributed by atoms with Crippen molar-refractivity contribution in [2.45, 2.75) is 108 Å². The molecule has 0 spiro atoms. The van der Waals surface area contributed by atoms with Crippen LogP contribution in [0.15, 0.2) is 17.0 Å². The Labute approximate surface area is 183 Å². The molecule has 7 heteroatoms. The molecule has 1 rings (SSSR count). The molecule has 0 bridgehead atoms. The SMILES string of the molecule is CCC(CC)(Sc1cc(C)c(O[Si](C(C)C)(C(C)C)C(C)C)c(C)c1)P(=O)(O)O. The standard InChI is InChI=1S/C22H41O4PSSi/c1-11-22(12-2,27(23,24)25)28-20-13-18(9)21(19(10)14-20)26-29(15(3)4,16(5)6)17(7)8/h13-17H,11-12H2,1-10H3,(H2,23,24,25). The third-order valence-corrected chi connectivity index (χ3v) is 16.4. The third kappa shape index (κ3) is 5.33. The summed E-state index contributed by atoms with van der Waals surface area (Å²) in [4.78, 5) is 20.9. The Hall–Kier alpha value is -0.263. The molecular formula is C22H41O4PSSi. The summed E-state index contributed by atoms with van der Waals surface area (Å²) in [6.45, 7) is 21.4. The first-order valence-electron chi connectivity index (χ1n) is 10.7. The summed E-state index contributed by atoms with van der Waals surface area (Å²) in [7, 11) is -6.32. The summed E-state index contributed by atoms with van der Waals surface area (Å²) < 4.78 is 18.1. The monoisotopic (exact) mass is 460 g/mol. The lowest BCUT2D eigenvalue weighted by Crippen LogP contribution is -2.51. The lowest BCUT2D eigenvalue weighted by Gasteiger charge is -2.43. The quantitative estimate of drug-likeness (QED) is 0.213. The minimum absolute atomic E-state index is 0.416. The van der Waals surface area contributed by atoms with Crippen molar-refractivity contribution in [2.75, 3.05) is 0 Å². The van der Waals surface area contributed by atoms with Gasteiger partial charge in [0.05, 0.1) is 0 Å². The molecule has 29 heavy (non-hydrogen) atoms. The van der Waals surface area contributed by atoms with Crippen LogP contribution in [0.2, 0.25) is 16.6 Å². The van der Waals surface area contributed by atoms with Crippen molar-refractivity contribution < 1.29 is 18.8 Å².